The molecular weight excluding hydrogens is 460 g/mol. The van der Waals surface area contributed by atoms with E-state index in [0.717, 1.165) is 12.8 Å². The maximum absolute atomic E-state index is 14.9. The van der Waals surface area contributed by atoms with Crippen LogP contribution in [0.15, 0.2) is 60.4 Å². The van der Waals surface area contributed by atoms with Crippen molar-refractivity contribution in [3.8, 4) is 28.0 Å². The summed E-state index contributed by atoms with van der Waals surface area (Å²) in [5.74, 6) is -4.84. The molecule has 1 atom stereocenters. The molecule has 1 aliphatic carbocycles. The molecule has 1 unspecified atom stereocenters. The fourth-order valence-corrected chi connectivity index (χ4v) is 3.99. The van der Waals surface area contributed by atoms with Crippen LogP contribution >= 0.6 is 0 Å². The fourth-order valence-electron chi connectivity index (χ4n) is 3.99. The van der Waals surface area contributed by atoms with E-state index in [2.05, 4.69) is 6.92 Å². The van der Waals surface area contributed by atoms with Crippen molar-refractivity contribution >= 4 is 5.97 Å². The number of hydrogen-bond donors (Lipinski definition) is 0. The van der Waals surface area contributed by atoms with Gasteiger partial charge in [-0.15, -0.1) is 0 Å². The zero-order valence-corrected chi connectivity index (χ0v) is 19.3. The molecule has 0 aliphatic heterocycles. The normalized spacial score (nSPS) is 15.5. The topological polar surface area (TPSA) is 35.5 Å². The Hall–Kier alpha value is -3.61. The zero-order chi connectivity index (χ0) is 25.1. The van der Waals surface area contributed by atoms with Gasteiger partial charge in [0.2, 0.25) is 5.82 Å². The van der Waals surface area contributed by atoms with Crippen molar-refractivity contribution < 1.29 is 31.8 Å². The monoisotopic (exact) mass is 484 g/mol. The quantitative estimate of drug-likeness (QED) is 0.264. The molecule has 0 fully saturated rings. The van der Waals surface area contributed by atoms with Gasteiger partial charge >= 0.3 is 5.97 Å². The lowest BCUT2D eigenvalue weighted by atomic mass is 9.95. The van der Waals surface area contributed by atoms with Gasteiger partial charge in [0.05, 0.1) is 12.2 Å². The number of hydrogen-bond acceptors (Lipinski definition) is 3. The maximum atomic E-state index is 14.9. The van der Waals surface area contributed by atoms with E-state index in [9.17, 15) is 22.4 Å². The Morgan fingerprint density at radius 2 is 1.46 bits per heavy atom. The van der Waals surface area contributed by atoms with Gasteiger partial charge < -0.3 is 9.47 Å². The first kappa shape index (κ1) is 24.5. The van der Waals surface area contributed by atoms with Crippen LogP contribution in [0, 0.1) is 29.2 Å². The van der Waals surface area contributed by atoms with E-state index in [1.54, 1.807) is 13.0 Å². The zero-order valence-electron chi connectivity index (χ0n) is 19.3. The average molecular weight is 484 g/mol. The van der Waals surface area contributed by atoms with Crippen molar-refractivity contribution in [3.63, 3.8) is 0 Å². The summed E-state index contributed by atoms with van der Waals surface area (Å²) in [7, 11) is 0. The summed E-state index contributed by atoms with van der Waals surface area (Å²) >= 11 is 0. The molecule has 0 amide bonds. The van der Waals surface area contributed by atoms with Gasteiger partial charge in [0.25, 0.3) is 0 Å². The number of ether oxygens (including phenoxy) is 2. The molecule has 0 saturated heterocycles. The van der Waals surface area contributed by atoms with Crippen LogP contribution in [0.4, 0.5) is 17.6 Å². The fraction of sp³-hybridized carbons (Fsp3) is 0.250. The SMILES string of the molecule is CCOc1ccc(-c2ccc(-c3ccc(C(=O)OC4=CCC(C)CC4)c(F)c3F)cc2)c(F)c1F. The molecule has 0 heterocycles. The third-order valence-corrected chi connectivity index (χ3v) is 6.01. The predicted molar refractivity (Wildman–Crippen MR) is 125 cm³/mol. The van der Waals surface area contributed by atoms with Crippen LogP contribution in [0.25, 0.3) is 22.3 Å². The summed E-state index contributed by atoms with van der Waals surface area (Å²) in [5, 5.41) is 0. The van der Waals surface area contributed by atoms with Crippen LogP contribution < -0.4 is 4.74 Å². The number of carbonyl (C=O) groups excluding carboxylic acids is 1. The third-order valence-electron chi connectivity index (χ3n) is 6.01. The molecule has 4 rings (SSSR count). The van der Waals surface area contributed by atoms with E-state index < -0.39 is 34.8 Å². The van der Waals surface area contributed by atoms with E-state index in [1.165, 1.54) is 48.5 Å². The molecule has 0 saturated carbocycles. The molecule has 35 heavy (non-hydrogen) atoms. The van der Waals surface area contributed by atoms with Gasteiger partial charge in [-0.1, -0.05) is 37.3 Å². The van der Waals surface area contributed by atoms with E-state index in [1.807, 2.05) is 0 Å². The summed E-state index contributed by atoms with van der Waals surface area (Å²) in [6, 6.07) is 11.1. The lowest BCUT2D eigenvalue weighted by molar-refractivity contribution is 0.0598. The smallest absolute Gasteiger partial charge is 0.346 e. The summed E-state index contributed by atoms with van der Waals surface area (Å²) in [4.78, 5) is 12.4. The first-order valence-electron chi connectivity index (χ1n) is 11.4. The molecule has 0 bridgehead atoms. The molecular formula is C28H24F4O3. The van der Waals surface area contributed by atoms with Crippen molar-refractivity contribution in [1.29, 1.82) is 0 Å². The highest BCUT2D eigenvalue weighted by Gasteiger charge is 2.23. The summed E-state index contributed by atoms with van der Waals surface area (Å²) in [5.41, 5.74) is 0.0999. The van der Waals surface area contributed by atoms with Crippen LogP contribution in [0.5, 0.6) is 5.75 Å². The van der Waals surface area contributed by atoms with Crippen molar-refractivity contribution in [1.82, 2.24) is 0 Å². The van der Waals surface area contributed by atoms with Crippen molar-refractivity contribution in [3.05, 3.63) is 89.2 Å². The van der Waals surface area contributed by atoms with Gasteiger partial charge in [-0.05, 0) is 61.1 Å². The molecule has 182 valence electrons. The molecule has 0 N–H and O–H groups in total. The highest BCUT2D eigenvalue weighted by molar-refractivity contribution is 5.91. The Kier molecular flexibility index (Phi) is 7.24. The lowest BCUT2D eigenvalue weighted by Gasteiger charge is -2.18. The number of halogens is 4. The maximum Gasteiger partial charge on any atom is 0.346 e. The van der Waals surface area contributed by atoms with Crippen LogP contribution in [-0.4, -0.2) is 12.6 Å². The number of carbonyl (C=O) groups is 1. The van der Waals surface area contributed by atoms with Crippen LogP contribution in [0.2, 0.25) is 0 Å². The van der Waals surface area contributed by atoms with E-state index in [-0.39, 0.29) is 23.5 Å². The minimum absolute atomic E-state index is 0.00802. The standard InChI is InChI=1S/C28H24F4O3/c1-3-34-23-15-14-21(25(30)27(23)32)18-8-6-17(7-9-18)20-12-13-22(26(31)24(20)29)28(33)35-19-10-4-16(2)5-11-19/h6-10,12-16H,3-5,11H2,1-2H3. The first-order chi connectivity index (χ1) is 16.8. The summed E-state index contributed by atoms with van der Waals surface area (Å²) in [6.45, 7) is 3.94. The van der Waals surface area contributed by atoms with Crippen molar-refractivity contribution in [2.24, 2.45) is 5.92 Å². The second-order valence-corrected chi connectivity index (χ2v) is 8.48. The Balaban J connectivity index is 1.57. The second kappa shape index (κ2) is 10.3. The highest BCUT2D eigenvalue weighted by atomic mass is 19.2. The summed E-state index contributed by atoms with van der Waals surface area (Å²) in [6.07, 6.45) is 4.00. The Labute approximate surface area is 201 Å². The average Bonchev–Trinajstić information content (AvgIpc) is 2.85. The van der Waals surface area contributed by atoms with Crippen LogP contribution in [0.3, 0.4) is 0 Å². The third kappa shape index (κ3) is 5.09. The minimum atomic E-state index is -1.30. The van der Waals surface area contributed by atoms with E-state index in [4.69, 9.17) is 9.47 Å². The largest absolute Gasteiger partial charge is 0.491 e. The van der Waals surface area contributed by atoms with Gasteiger partial charge in [-0.2, -0.15) is 4.39 Å². The molecule has 3 nitrogen and oxygen atoms in total. The van der Waals surface area contributed by atoms with Crippen LogP contribution in [0.1, 0.15) is 43.5 Å². The Morgan fingerprint density at radius 3 is 2.03 bits per heavy atom. The van der Waals surface area contributed by atoms with Crippen molar-refractivity contribution in [2.75, 3.05) is 6.61 Å². The highest BCUT2D eigenvalue weighted by Crippen LogP contribution is 2.33. The lowest BCUT2D eigenvalue weighted by Crippen LogP contribution is -2.12. The molecule has 3 aromatic carbocycles. The minimum Gasteiger partial charge on any atom is -0.491 e. The molecule has 3 aromatic rings. The van der Waals surface area contributed by atoms with Gasteiger partial charge in [0, 0.05) is 17.5 Å². The number of allylic oxidation sites excluding steroid dienone is 2. The number of rotatable bonds is 6. The molecule has 0 spiro atoms. The van der Waals surface area contributed by atoms with E-state index in [0.29, 0.717) is 29.2 Å². The van der Waals surface area contributed by atoms with Gasteiger partial charge in [-0.3, -0.25) is 0 Å². The molecule has 7 heteroatoms. The van der Waals surface area contributed by atoms with Crippen molar-refractivity contribution in [2.45, 2.75) is 33.1 Å². The number of benzene rings is 3. The van der Waals surface area contributed by atoms with Gasteiger partial charge in [0.15, 0.2) is 23.2 Å². The Bertz CT molecular complexity index is 1280. The van der Waals surface area contributed by atoms with E-state index >= 15 is 0 Å². The molecule has 0 radical (unpaired) electrons. The second-order valence-electron chi connectivity index (χ2n) is 8.48. The van der Waals surface area contributed by atoms with Gasteiger partial charge in [-0.25, -0.2) is 18.0 Å². The molecule has 0 aromatic heterocycles. The van der Waals surface area contributed by atoms with Crippen LogP contribution in [-0.2, 0) is 4.74 Å². The molecule has 1 aliphatic rings. The Morgan fingerprint density at radius 1 is 0.857 bits per heavy atom. The first-order valence-corrected chi connectivity index (χ1v) is 11.4. The predicted octanol–water partition coefficient (Wildman–Crippen LogP) is 7.84. The summed E-state index contributed by atoms with van der Waals surface area (Å²) < 4.78 is 68.7. The van der Waals surface area contributed by atoms with Gasteiger partial charge in [0.1, 0.15) is 5.76 Å². The number of esters is 1.